The SMILES string of the molecule is CS(=O)Cc1ccc(CCCCCN2CCN(c3ccccc3)CC2)cc1S(N)(=O)=O. The summed E-state index contributed by atoms with van der Waals surface area (Å²) in [4.78, 5) is 5.08. The predicted octanol–water partition coefficient (Wildman–Crippen LogP) is 2.75. The van der Waals surface area contributed by atoms with Gasteiger partial charge >= 0.3 is 0 Å². The van der Waals surface area contributed by atoms with Crippen molar-refractivity contribution in [3.05, 3.63) is 59.7 Å². The van der Waals surface area contributed by atoms with Gasteiger partial charge in [-0.2, -0.15) is 0 Å². The van der Waals surface area contributed by atoms with Gasteiger partial charge in [0.2, 0.25) is 10.0 Å². The second-order valence-electron chi connectivity index (χ2n) is 8.18. The molecule has 1 fully saturated rings. The lowest BCUT2D eigenvalue weighted by atomic mass is 10.1. The Morgan fingerprint density at radius 3 is 2.32 bits per heavy atom. The minimum absolute atomic E-state index is 0.108. The van der Waals surface area contributed by atoms with Crippen LogP contribution in [0.3, 0.4) is 0 Å². The Morgan fingerprint density at radius 2 is 1.68 bits per heavy atom. The molecular formula is C23H33N3O3S2. The highest BCUT2D eigenvalue weighted by atomic mass is 32.2. The molecule has 0 amide bonds. The number of anilines is 1. The third kappa shape index (κ3) is 7.42. The first-order chi connectivity index (χ1) is 14.8. The van der Waals surface area contributed by atoms with Crippen molar-refractivity contribution >= 4 is 26.5 Å². The summed E-state index contributed by atoms with van der Waals surface area (Å²) in [6.07, 6.45) is 5.62. The predicted molar refractivity (Wildman–Crippen MR) is 128 cm³/mol. The minimum atomic E-state index is -3.82. The average molecular weight is 464 g/mol. The van der Waals surface area contributed by atoms with Crippen LogP contribution in [0, 0.1) is 0 Å². The van der Waals surface area contributed by atoms with Crippen LogP contribution in [0.5, 0.6) is 0 Å². The van der Waals surface area contributed by atoms with Gasteiger partial charge in [-0.25, -0.2) is 13.6 Å². The molecule has 2 aromatic carbocycles. The van der Waals surface area contributed by atoms with E-state index in [1.54, 1.807) is 18.4 Å². The summed E-state index contributed by atoms with van der Waals surface area (Å²) < 4.78 is 35.4. The Labute approximate surface area is 188 Å². The molecule has 1 aliphatic rings. The van der Waals surface area contributed by atoms with E-state index in [1.807, 2.05) is 6.07 Å². The molecule has 8 heteroatoms. The van der Waals surface area contributed by atoms with Crippen LogP contribution in [0.1, 0.15) is 30.4 Å². The molecule has 0 aromatic heterocycles. The number of benzene rings is 2. The van der Waals surface area contributed by atoms with E-state index < -0.39 is 20.8 Å². The number of para-hydroxylation sites is 1. The van der Waals surface area contributed by atoms with Crippen molar-refractivity contribution in [2.75, 3.05) is 43.9 Å². The average Bonchev–Trinajstić information content (AvgIpc) is 2.74. The smallest absolute Gasteiger partial charge is 0.238 e. The van der Waals surface area contributed by atoms with Gasteiger partial charge in [-0.3, -0.25) is 9.11 Å². The second kappa shape index (κ2) is 11.2. The number of nitrogens with two attached hydrogens (primary N) is 1. The molecule has 0 saturated carbocycles. The van der Waals surface area contributed by atoms with E-state index in [0.717, 1.165) is 64.0 Å². The molecule has 1 atom stereocenters. The van der Waals surface area contributed by atoms with E-state index >= 15 is 0 Å². The molecule has 0 aliphatic carbocycles. The minimum Gasteiger partial charge on any atom is -0.369 e. The third-order valence-electron chi connectivity index (χ3n) is 5.73. The van der Waals surface area contributed by atoms with Gasteiger partial charge in [-0.05, 0) is 55.1 Å². The first kappa shape index (κ1) is 23.9. The normalized spacial score (nSPS) is 16.4. The Kier molecular flexibility index (Phi) is 8.66. The zero-order chi connectivity index (χ0) is 22.3. The molecule has 1 saturated heterocycles. The number of rotatable bonds is 10. The standard InChI is InChI=1S/C23H33N3O3S2/c1-30(27)19-21-12-11-20(18-23(21)31(24,28)29)8-4-3-7-13-25-14-16-26(17-15-25)22-9-5-2-6-10-22/h2,5-6,9-12,18H,3-4,7-8,13-17,19H2,1H3,(H2,24,28,29). The van der Waals surface area contributed by atoms with Crippen molar-refractivity contribution in [2.45, 2.75) is 36.3 Å². The number of unbranched alkanes of at least 4 members (excludes halogenated alkanes) is 2. The van der Waals surface area contributed by atoms with Crippen molar-refractivity contribution in [2.24, 2.45) is 5.14 Å². The lowest BCUT2D eigenvalue weighted by molar-refractivity contribution is 0.252. The first-order valence-corrected chi connectivity index (χ1v) is 14.1. The fraction of sp³-hybridized carbons (Fsp3) is 0.478. The zero-order valence-corrected chi connectivity index (χ0v) is 19.8. The highest BCUT2D eigenvalue weighted by molar-refractivity contribution is 7.89. The van der Waals surface area contributed by atoms with Crippen molar-refractivity contribution in [1.82, 2.24) is 4.90 Å². The number of piperazine rings is 1. The van der Waals surface area contributed by atoms with Crippen LogP contribution in [0.2, 0.25) is 0 Å². The number of sulfonamides is 1. The molecule has 31 heavy (non-hydrogen) atoms. The van der Waals surface area contributed by atoms with Crippen molar-refractivity contribution in [3.63, 3.8) is 0 Å². The van der Waals surface area contributed by atoms with Crippen molar-refractivity contribution < 1.29 is 12.6 Å². The Morgan fingerprint density at radius 1 is 0.968 bits per heavy atom. The maximum atomic E-state index is 11.9. The summed E-state index contributed by atoms with van der Waals surface area (Å²) in [6, 6.07) is 15.9. The van der Waals surface area contributed by atoms with Gasteiger partial charge < -0.3 is 4.90 Å². The number of hydrogen-bond donors (Lipinski definition) is 1. The number of nitrogens with zero attached hydrogens (tertiary/aromatic N) is 2. The van der Waals surface area contributed by atoms with E-state index in [2.05, 4.69) is 40.1 Å². The highest BCUT2D eigenvalue weighted by Crippen LogP contribution is 2.20. The number of primary sulfonamides is 1. The van der Waals surface area contributed by atoms with Crippen LogP contribution in [-0.2, 0) is 33.0 Å². The molecule has 0 spiro atoms. The first-order valence-electron chi connectivity index (χ1n) is 10.8. The maximum Gasteiger partial charge on any atom is 0.238 e. The number of aryl methyl sites for hydroxylation is 1. The van der Waals surface area contributed by atoms with Gasteiger partial charge in [0.1, 0.15) is 0 Å². The van der Waals surface area contributed by atoms with Crippen molar-refractivity contribution in [1.29, 1.82) is 0 Å². The quantitative estimate of drug-likeness (QED) is 0.548. The summed E-state index contributed by atoms with van der Waals surface area (Å²) in [6.45, 7) is 5.41. The van der Waals surface area contributed by atoms with Crippen LogP contribution in [-0.4, -0.2) is 56.5 Å². The van der Waals surface area contributed by atoms with E-state index in [1.165, 1.54) is 5.69 Å². The van der Waals surface area contributed by atoms with Crippen LogP contribution >= 0.6 is 0 Å². The van der Waals surface area contributed by atoms with Gasteiger partial charge in [0.15, 0.2) is 0 Å². The third-order valence-corrected chi connectivity index (χ3v) is 7.44. The summed E-state index contributed by atoms with van der Waals surface area (Å²) in [5.41, 5.74) is 2.80. The molecule has 2 N–H and O–H groups in total. The van der Waals surface area contributed by atoms with E-state index in [4.69, 9.17) is 5.14 Å². The lowest BCUT2D eigenvalue weighted by Gasteiger charge is -2.36. The molecule has 170 valence electrons. The summed E-state index contributed by atoms with van der Waals surface area (Å²) in [5.74, 6) is 0.198. The highest BCUT2D eigenvalue weighted by Gasteiger charge is 2.17. The molecule has 0 radical (unpaired) electrons. The Bertz CT molecular complexity index is 973. The topological polar surface area (TPSA) is 83.7 Å². The van der Waals surface area contributed by atoms with E-state index in [0.29, 0.717) is 5.56 Å². The maximum absolute atomic E-state index is 11.9. The molecular weight excluding hydrogens is 430 g/mol. The Balaban J connectivity index is 1.41. The van der Waals surface area contributed by atoms with Crippen LogP contribution in [0.4, 0.5) is 5.69 Å². The summed E-state index contributed by atoms with van der Waals surface area (Å²) in [7, 11) is -4.94. The largest absolute Gasteiger partial charge is 0.369 e. The molecule has 1 aliphatic heterocycles. The number of hydrogen-bond acceptors (Lipinski definition) is 5. The summed E-state index contributed by atoms with van der Waals surface area (Å²) >= 11 is 0. The van der Waals surface area contributed by atoms with Crippen LogP contribution in [0.15, 0.2) is 53.4 Å². The van der Waals surface area contributed by atoms with Crippen LogP contribution < -0.4 is 10.0 Å². The molecule has 3 rings (SSSR count). The molecule has 1 heterocycles. The monoisotopic (exact) mass is 463 g/mol. The van der Waals surface area contributed by atoms with Gasteiger partial charge in [-0.15, -0.1) is 0 Å². The second-order valence-corrected chi connectivity index (χ2v) is 11.1. The molecule has 1 unspecified atom stereocenters. The van der Waals surface area contributed by atoms with E-state index in [9.17, 15) is 12.6 Å². The van der Waals surface area contributed by atoms with Crippen LogP contribution in [0.25, 0.3) is 0 Å². The van der Waals surface area contributed by atoms with Gasteiger partial charge in [-0.1, -0.05) is 36.8 Å². The van der Waals surface area contributed by atoms with E-state index in [-0.39, 0.29) is 10.6 Å². The molecule has 6 nitrogen and oxygen atoms in total. The fourth-order valence-electron chi connectivity index (χ4n) is 4.07. The fourth-order valence-corrected chi connectivity index (χ4v) is 5.67. The van der Waals surface area contributed by atoms with Gasteiger partial charge in [0.05, 0.1) is 4.90 Å². The van der Waals surface area contributed by atoms with Crippen molar-refractivity contribution in [3.8, 4) is 0 Å². The zero-order valence-electron chi connectivity index (χ0n) is 18.2. The van der Waals surface area contributed by atoms with Gasteiger partial charge in [0.25, 0.3) is 0 Å². The summed E-state index contributed by atoms with van der Waals surface area (Å²) in [5, 5.41) is 5.37. The lowest BCUT2D eigenvalue weighted by Crippen LogP contribution is -2.46. The van der Waals surface area contributed by atoms with Gasteiger partial charge in [0, 0.05) is 54.7 Å². The molecule has 0 bridgehead atoms. The molecule has 2 aromatic rings. The Hall–Kier alpha value is -1.74.